The van der Waals surface area contributed by atoms with Crippen molar-refractivity contribution in [2.24, 2.45) is 0 Å². The van der Waals surface area contributed by atoms with Gasteiger partial charge in [-0.2, -0.15) is 0 Å². The molecule has 1 aromatic carbocycles. The first-order valence-electron chi connectivity index (χ1n) is 6.71. The molecular weight excluding hydrogens is 280 g/mol. The maximum absolute atomic E-state index is 5.89. The van der Waals surface area contributed by atoms with Gasteiger partial charge in [0.05, 0.1) is 38.9 Å². The van der Waals surface area contributed by atoms with Crippen LogP contribution >= 0.6 is 11.6 Å². The molecule has 0 spiro atoms. The SMILES string of the molecule is COCCOCCOCCOc1c(C)cccc1CCl. The number of hydrogen-bond donors (Lipinski definition) is 0. The number of hydrogen-bond acceptors (Lipinski definition) is 4. The molecule has 0 aliphatic carbocycles. The van der Waals surface area contributed by atoms with Crippen LogP contribution in [0.25, 0.3) is 0 Å². The Kier molecular flexibility index (Phi) is 9.41. The smallest absolute Gasteiger partial charge is 0.126 e. The molecule has 0 amide bonds. The summed E-state index contributed by atoms with van der Waals surface area (Å²) < 4.78 is 21.3. The Labute approximate surface area is 125 Å². The second kappa shape index (κ2) is 10.9. The highest BCUT2D eigenvalue weighted by Crippen LogP contribution is 2.24. The second-order valence-electron chi connectivity index (χ2n) is 4.26. The van der Waals surface area contributed by atoms with E-state index in [0.717, 1.165) is 16.9 Å². The van der Waals surface area contributed by atoms with E-state index < -0.39 is 0 Å². The molecule has 1 aromatic rings. The Balaban J connectivity index is 2.12. The van der Waals surface area contributed by atoms with Gasteiger partial charge in [0.1, 0.15) is 12.4 Å². The Morgan fingerprint density at radius 3 is 2.25 bits per heavy atom. The highest BCUT2D eigenvalue weighted by molar-refractivity contribution is 6.17. The van der Waals surface area contributed by atoms with Crippen molar-refractivity contribution in [3.63, 3.8) is 0 Å². The van der Waals surface area contributed by atoms with E-state index in [9.17, 15) is 0 Å². The number of benzene rings is 1. The van der Waals surface area contributed by atoms with Crippen molar-refractivity contribution in [3.05, 3.63) is 29.3 Å². The number of methoxy groups -OCH3 is 1. The van der Waals surface area contributed by atoms with Crippen LogP contribution in [0, 0.1) is 6.92 Å². The number of aryl methyl sites for hydroxylation is 1. The van der Waals surface area contributed by atoms with Gasteiger partial charge in [-0.25, -0.2) is 0 Å². The third-order valence-electron chi connectivity index (χ3n) is 2.72. The largest absolute Gasteiger partial charge is 0.491 e. The fourth-order valence-electron chi connectivity index (χ4n) is 1.69. The lowest BCUT2D eigenvalue weighted by Crippen LogP contribution is -2.13. The lowest BCUT2D eigenvalue weighted by atomic mass is 10.1. The summed E-state index contributed by atoms with van der Waals surface area (Å²) in [5.74, 6) is 1.31. The zero-order valence-corrected chi connectivity index (χ0v) is 12.9. The minimum atomic E-state index is 0.450. The molecule has 0 radical (unpaired) electrons. The van der Waals surface area contributed by atoms with E-state index in [4.69, 9.17) is 30.5 Å². The zero-order chi connectivity index (χ0) is 14.6. The summed E-state index contributed by atoms with van der Waals surface area (Å²) in [6.07, 6.45) is 0. The van der Waals surface area contributed by atoms with Gasteiger partial charge < -0.3 is 18.9 Å². The molecule has 0 aliphatic rings. The maximum atomic E-state index is 5.89. The molecule has 5 heteroatoms. The van der Waals surface area contributed by atoms with E-state index in [-0.39, 0.29) is 0 Å². The molecule has 20 heavy (non-hydrogen) atoms. The summed E-state index contributed by atoms with van der Waals surface area (Å²) in [6, 6.07) is 5.96. The van der Waals surface area contributed by atoms with Crippen LogP contribution in [0.2, 0.25) is 0 Å². The summed E-state index contributed by atoms with van der Waals surface area (Å²) in [4.78, 5) is 0. The van der Waals surface area contributed by atoms with E-state index in [1.165, 1.54) is 0 Å². The van der Waals surface area contributed by atoms with Crippen molar-refractivity contribution < 1.29 is 18.9 Å². The minimum absolute atomic E-state index is 0.450. The Bertz CT molecular complexity index is 371. The molecule has 0 saturated heterocycles. The van der Waals surface area contributed by atoms with Crippen LogP contribution in [0.3, 0.4) is 0 Å². The van der Waals surface area contributed by atoms with Crippen LogP contribution in [-0.2, 0) is 20.1 Å². The Morgan fingerprint density at radius 2 is 1.60 bits per heavy atom. The Morgan fingerprint density at radius 1 is 0.950 bits per heavy atom. The molecule has 114 valence electrons. The number of para-hydroxylation sites is 1. The summed E-state index contributed by atoms with van der Waals surface area (Å²) in [5.41, 5.74) is 2.10. The van der Waals surface area contributed by atoms with Gasteiger partial charge in [-0.3, -0.25) is 0 Å². The summed E-state index contributed by atoms with van der Waals surface area (Å²) in [7, 11) is 1.65. The van der Waals surface area contributed by atoms with Gasteiger partial charge in [0, 0.05) is 12.7 Å². The molecule has 0 aromatic heterocycles. The number of rotatable bonds is 11. The van der Waals surface area contributed by atoms with Gasteiger partial charge in [-0.1, -0.05) is 18.2 Å². The summed E-state index contributed by atoms with van der Waals surface area (Å²) >= 11 is 5.89. The average Bonchev–Trinajstić information content (AvgIpc) is 2.46. The molecular formula is C15H23ClO4. The number of halogens is 1. The third kappa shape index (κ3) is 6.57. The van der Waals surface area contributed by atoms with Crippen molar-refractivity contribution in [1.29, 1.82) is 0 Å². The van der Waals surface area contributed by atoms with Gasteiger partial charge in [0.25, 0.3) is 0 Å². The van der Waals surface area contributed by atoms with Gasteiger partial charge in [0.2, 0.25) is 0 Å². The van der Waals surface area contributed by atoms with Gasteiger partial charge in [-0.15, -0.1) is 11.6 Å². The molecule has 0 N–H and O–H groups in total. The monoisotopic (exact) mass is 302 g/mol. The topological polar surface area (TPSA) is 36.9 Å². The van der Waals surface area contributed by atoms with Crippen LogP contribution in [0.15, 0.2) is 18.2 Å². The molecule has 1 rings (SSSR count). The quantitative estimate of drug-likeness (QED) is 0.465. The highest BCUT2D eigenvalue weighted by atomic mass is 35.5. The molecule has 0 aliphatic heterocycles. The van der Waals surface area contributed by atoms with Crippen molar-refractivity contribution in [2.45, 2.75) is 12.8 Å². The first-order chi connectivity index (χ1) is 9.79. The average molecular weight is 303 g/mol. The predicted octanol–water partition coefficient (Wildman–Crippen LogP) is 2.79. The molecule has 0 atom stereocenters. The van der Waals surface area contributed by atoms with Crippen molar-refractivity contribution >= 4 is 11.6 Å². The van der Waals surface area contributed by atoms with E-state index in [0.29, 0.717) is 45.5 Å². The Hall–Kier alpha value is -0.810. The molecule has 0 heterocycles. The van der Waals surface area contributed by atoms with Crippen molar-refractivity contribution in [3.8, 4) is 5.75 Å². The van der Waals surface area contributed by atoms with Gasteiger partial charge in [-0.05, 0) is 12.5 Å². The molecule has 0 bridgehead atoms. The first kappa shape index (κ1) is 17.2. The fraction of sp³-hybridized carbons (Fsp3) is 0.600. The number of ether oxygens (including phenoxy) is 4. The van der Waals surface area contributed by atoms with E-state index >= 15 is 0 Å². The predicted molar refractivity (Wildman–Crippen MR) is 79.7 cm³/mol. The van der Waals surface area contributed by atoms with Crippen LogP contribution in [0.4, 0.5) is 0 Å². The fourth-order valence-corrected chi connectivity index (χ4v) is 1.90. The van der Waals surface area contributed by atoms with E-state index in [2.05, 4.69) is 0 Å². The minimum Gasteiger partial charge on any atom is -0.491 e. The molecule has 0 unspecified atom stereocenters. The standard InChI is InChI=1S/C15H23ClO4/c1-13-4-3-5-14(12-16)15(13)20-11-10-19-9-8-18-7-6-17-2/h3-5H,6-12H2,1-2H3. The number of alkyl halides is 1. The van der Waals surface area contributed by atoms with Crippen molar-refractivity contribution in [2.75, 3.05) is 46.8 Å². The van der Waals surface area contributed by atoms with Crippen LogP contribution in [0.1, 0.15) is 11.1 Å². The summed E-state index contributed by atoms with van der Waals surface area (Å²) in [6.45, 7) is 5.38. The summed E-state index contributed by atoms with van der Waals surface area (Å²) in [5, 5.41) is 0. The highest BCUT2D eigenvalue weighted by Gasteiger charge is 2.05. The van der Waals surface area contributed by atoms with E-state index in [1.807, 2.05) is 25.1 Å². The normalized spacial score (nSPS) is 10.8. The van der Waals surface area contributed by atoms with Crippen LogP contribution < -0.4 is 4.74 Å². The lowest BCUT2D eigenvalue weighted by Gasteiger charge is -2.13. The second-order valence-corrected chi connectivity index (χ2v) is 4.53. The third-order valence-corrected chi connectivity index (χ3v) is 3.00. The van der Waals surface area contributed by atoms with E-state index in [1.54, 1.807) is 7.11 Å². The zero-order valence-electron chi connectivity index (χ0n) is 12.2. The van der Waals surface area contributed by atoms with Crippen molar-refractivity contribution in [1.82, 2.24) is 0 Å². The van der Waals surface area contributed by atoms with Gasteiger partial charge >= 0.3 is 0 Å². The van der Waals surface area contributed by atoms with Crippen LogP contribution in [-0.4, -0.2) is 46.8 Å². The van der Waals surface area contributed by atoms with Crippen LogP contribution in [0.5, 0.6) is 5.75 Å². The lowest BCUT2D eigenvalue weighted by molar-refractivity contribution is 0.0179. The first-order valence-corrected chi connectivity index (χ1v) is 7.24. The molecule has 0 fully saturated rings. The maximum Gasteiger partial charge on any atom is 0.126 e. The molecule has 0 saturated carbocycles. The van der Waals surface area contributed by atoms with Gasteiger partial charge in [0.15, 0.2) is 0 Å². The molecule has 4 nitrogen and oxygen atoms in total.